The molecule has 0 aromatic carbocycles. The van der Waals surface area contributed by atoms with Gasteiger partial charge >= 0.3 is 12.1 Å². The highest BCUT2D eigenvalue weighted by Gasteiger charge is 2.32. The molecule has 0 bridgehead atoms. The van der Waals surface area contributed by atoms with Crippen molar-refractivity contribution in [2.45, 2.75) is 20.6 Å². The van der Waals surface area contributed by atoms with Crippen LogP contribution < -0.4 is 17.0 Å². The molecule has 0 unspecified atom stereocenters. The van der Waals surface area contributed by atoms with E-state index in [-0.39, 0.29) is 25.7 Å². The third kappa shape index (κ3) is 6.44. The van der Waals surface area contributed by atoms with Crippen LogP contribution in [0.5, 0.6) is 0 Å². The Bertz CT molecular complexity index is 463. The standard InChI is InChI=1S/C14H21N2O4.ClH/c1-14(2,10-19-13(18)15(3)4)12(17)20-11-16-8-6-5-7-9-16;/h5-9H,10-11H2,1-4H3;1H/q+1;/p-1. The summed E-state index contributed by atoms with van der Waals surface area (Å²) in [5.41, 5.74) is -0.888. The van der Waals surface area contributed by atoms with Crippen molar-refractivity contribution in [1.82, 2.24) is 4.90 Å². The molecule has 0 aliphatic rings. The zero-order valence-electron chi connectivity index (χ0n) is 12.7. The molecule has 0 saturated heterocycles. The molecule has 6 nitrogen and oxygen atoms in total. The van der Waals surface area contributed by atoms with Crippen LogP contribution >= 0.6 is 0 Å². The Hall–Kier alpha value is -1.82. The Morgan fingerprint density at radius 3 is 2.19 bits per heavy atom. The molecule has 7 heteroatoms. The molecule has 1 amide bonds. The number of carbonyl (C=O) groups excluding carboxylic acids is 2. The number of halogens is 1. The maximum atomic E-state index is 12.0. The maximum absolute atomic E-state index is 12.0. The Morgan fingerprint density at radius 2 is 1.67 bits per heavy atom. The molecule has 1 rings (SSSR count). The number of carbonyl (C=O) groups is 2. The molecule has 0 saturated carbocycles. The number of ether oxygens (including phenoxy) is 2. The monoisotopic (exact) mass is 316 g/mol. The lowest BCUT2D eigenvalue weighted by molar-refractivity contribution is -0.727. The van der Waals surface area contributed by atoms with Crippen molar-refractivity contribution in [3.63, 3.8) is 0 Å². The van der Waals surface area contributed by atoms with E-state index in [4.69, 9.17) is 9.47 Å². The van der Waals surface area contributed by atoms with Crippen molar-refractivity contribution in [3.8, 4) is 0 Å². The predicted octanol–water partition coefficient (Wildman–Crippen LogP) is -1.80. The fraction of sp³-hybridized carbons (Fsp3) is 0.500. The average molecular weight is 317 g/mol. The first-order chi connectivity index (χ1) is 9.33. The van der Waals surface area contributed by atoms with Gasteiger partial charge in [0, 0.05) is 26.2 Å². The molecule has 21 heavy (non-hydrogen) atoms. The minimum absolute atomic E-state index is 0. The van der Waals surface area contributed by atoms with Gasteiger partial charge in [0.05, 0.1) is 5.41 Å². The highest BCUT2D eigenvalue weighted by Crippen LogP contribution is 2.18. The van der Waals surface area contributed by atoms with E-state index in [9.17, 15) is 9.59 Å². The molecule has 0 fully saturated rings. The van der Waals surface area contributed by atoms with E-state index >= 15 is 0 Å². The number of aromatic nitrogens is 1. The lowest BCUT2D eigenvalue weighted by atomic mass is 9.95. The molecule has 0 radical (unpaired) electrons. The Morgan fingerprint density at radius 1 is 1.10 bits per heavy atom. The number of amides is 1. The average Bonchev–Trinajstić information content (AvgIpc) is 2.43. The zero-order chi connectivity index (χ0) is 15.2. The van der Waals surface area contributed by atoms with Crippen LogP contribution in [0, 0.1) is 5.41 Å². The Kier molecular flexibility index (Phi) is 7.73. The second-order valence-electron chi connectivity index (χ2n) is 5.28. The molecule has 0 atom stereocenters. The maximum Gasteiger partial charge on any atom is 0.409 e. The van der Waals surface area contributed by atoms with Gasteiger partial charge in [0.15, 0.2) is 12.4 Å². The highest BCUT2D eigenvalue weighted by molar-refractivity contribution is 5.76. The number of nitrogens with zero attached hydrogens (tertiary/aromatic N) is 2. The summed E-state index contributed by atoms with van der Waals surface area (Å²) in [5, 5.41) is 0. The molecular formula is C14H21ClN2O4. The lowest BCUT2D eigenvalue weighted by Crippen LogP contribution is -3.00. The van der Waals surface area contributed by atoms with Crippen molar-refractivity contribution in [2.75, 3.05) is 20.7 Å². The second-order valence-corrected chi connectivity index (χ2v) is 5.28. The SMILES string of the molecule is CN(C)C(=O)OCC(C)(C)C(=O)OC[n+]1ccccc1.[Cl-]. The van der Waals surface area contributed by atoms with Crippen molar-refractivity contribution >= 4 is 12.1 Å². The van der Waals surface area contributed by atoms with Gasteiger partial charge in [-0.2, -0.15) is 4.57 Å². The van der Waals surface area contributed by atoms with Crippen LogP contribution in [0.4, 0.5) is 4.79 Å². The first-order valence-electron chi connectivity index (χ1n) is 6.28. The summed E-state index contributed by atoms with van der Waals surface area (Å²) in [6.45, 7) is 3.45. The number of hydrogen-bond donors (Lipinski definition) is 0. The summed E-state index contributed by atoms with van der Waals surface area (Å²) in [4.78, 5) is 24.6. The second kappa shape index (κ2) is 8.46. The van der Waals surface area contributed by atoms with Gasteiger partial charge in [-0.3, -0.25) is 4.79 Å². The lowest BCUT2D eigenvalue weighted by Gasteiger charge is -2.22. The van der Waals surface area contributed by atoms with E-state index in [1.54, 1.807) is 44.9 Å². The number of hydrogen-bond acceptors (Lipinski definition) is 4. The Balaban J connectivity index is 0.00000400. The first-order valence-corrected chi connectivity index (χ1v) is 6.28. The van der Waals surface area contributed by atoms with Crippen LogP contribution in [-0.2, 0) is 21.0 Å². The van der Waals surface area contributed by atoms with Gasteiger partial charge in [0.1, 0.15) is 6.61 Å². The van der Waals surface area contributed by atoms with Crippen molar-refractivity contribution < 1.29 is 36.0 Å². The summed E-state index contributed by atoms with van der Waals surface area (Å²) in [6, 6.07) is 5.57. The fourth-order valence-electron chi connectivity index (χ4n) is 1.28. The zero-order valence-corrected chi connectivity index (χ0v) is 13.5. The molecule has 0 aliphatic carbocycles. The van der Waals surface area contributed by atoms with E-state index in [0.29, 0.717) is 0 Å². The molecule has 0 N–H and O–H groups in total. The third-order valence-corrected chi connectivity index (χ3v) is 2.60. The van der Waals surface area contributed by atoms with E-state index in [1.165, 1.54) is 4.90 Å². The summed E-state index contributed by atoms with van der Waals surface area (Å²) in [5.74, 6) is -0.416. The minimum Gasteiger partial charge on any atom is -1.00 e. The van der Waals surface area contributed by atoms with E-state index < -0.39 is 17.5 Å². The molecule has 1 aromatic heterocycles. The van der Waals surface area contributed by atoms with E-state index in [2.05, 4.69) is 0 Å². The molecule has 0 spiro atoms. The van der Waals surface area contributed by atoms with Gasteiger partial charge < -0.3 is 26.8 Å². The van der Waals surface area contributed by atoms with Crippen LogP contribution in [0.25, 0.3) is 0 Å². The highest BCUT2D eigenvalue weighted by atomic mass is 35.5. The van der Waals surface area contributed by atoms with Gasteiger partial charge in [0.2, 0.25) is 0 Å². The summed E-state index contributed by atoms with van der Waals surface area (Å²) in [7, 11) is 3.17. The van der Waals surface area contributed by atoms with Gasteiger partial charge in [-0.25, -0.2) is 4.79 Å². The quantitative estimate of drug-likeness (QED) is 0.475. The van der Waals surface area contributed by atoms with E-state index in [1.807, 2.05) is 18.2 Å². The van der Waals surface area contributed by atoms with Gasteiger partial charge in [-0.05, 0) is 13.8 Å². The van der Waals surface area contributed by atoms with Crippen LogP contribution in [0.2, 0.25) is 0 Å². The third-order valence-electron chi connectivity index (χ3n) is 2.60. The molecular weight excluding hydrogens is 296 g/mol. The molecule has 1 heterocycles. The fourth-order valence-corrected chi connectivity index (χ4v) is 1.28. The summed E-state index contributed by atoms with van der Waals surface area (Å²) in [6.07, 6.45) is 3.11. The predicted molar refractivity (Wildman–Crippen MR) is 71.5 cm³/mol. The number of rotatable bonds is 5. The van der Waals surface area contributed by atoms with Crippen LogP contribution in [0.1, 0.15) is 13.8 Å². The van der Waals surface area contributed by atoms with Crippen molar-refractivity contribution in [3.05, 3.63) is 30.6 Å². The molecule has 1 aromatic rings. The van der Waals surface area contributed by atoms with Crippen molar-refractivity contribution in [1.29, 1.82) is 0 Å². The van der Waals surface area contributed by atoms with Crippen LogP contribution in [-0.4, -0.2) is 37.7 Å². The van der Waals surface area contributed by atoms with Gasteiger partial charge in [0.25, 0.3) is 6.73 Å². The topological polar surface area (TPSA) is 59.7 Å². The molecule has 0 aliphatic heterocycles. The first kappa shape index (κ1) is 19.2. The van der Waals surface area contributed by atoms with Crippen LogP contribution in [0.3, 0.4) is 0 Å². The molecule has 118 valence electrons. The normalized spacial score (nSPS) is 10.3. The van der Waals surface area contributed by atoms with Crippen molar-refractivity contribution in [2.24, 2.45) is 5.41 Å². The number of pyridine rings is 1. The van der Waals surface area contributed by atoms with Gasteiger partial charge in [-0.1, -0.05) is 6.07 Å². The van der Waals surface area contributed by atoms with Gasteiger partial charge in [-0.15, -0.1) is 0 Å². The van der Waals surface area contributed by atoms with E-state index in [0.717, 1.165) is 0 Å². The minimum atomic E-state index is -0.888. The smallest absolute Gasteiger partial charge is 0.409 e. The van der Waals surface area contributed by atoms with Crippen LogP contribution in [0.15, 0.2) is 30.6 Å². The Labute approximate surface area is 131 Å². The summed E-state index contributed by atoms with van der Waals surface area (Å²) >= 11 is 0. The number of esters is 1. The largest absolute Gasteiger partial charge is 1.00 e. The summed E-state index contributed by atoms with van der Waals surface area (Å²) < 4.78 is 12.0.